The molecule has 0 unspecified atom stereocenters. The lowest BCUT2D eigenvalue weighted by molar-refractivity contribution is -0.126. The number of rotatable bonds is 7. The topological polar surface area (TPSA) is 84.3 Å². The van der Waals surface area contributed by atoms with Crippen LogP contribution < -0.4 is 5.32 Å². The molecule has 0 saturated carbocycles. The summed E-state index contributed by atoms with van der Waals surface area (Å²) < 4.78 is 55.6. The minimum Gasteiger partial charge on any atom is -0.355 e. The fourth-order valence-electron chi connectivity index (χ4n) is 3.85. The summed E-state index contributed by atoms with van der Waals surface area (Å²) in [7, 11) is -4.16. The Hall–Kier alpha value is -3.11. The molecule has 1 fully saturated rings. The molecule has 10 heteroatoms. The summed E-state index contributed by atoms with van der Waals surface area (Å²) in [6.07, 6.45) is 3.05. The molecule has 174 valence electrons. The summed E-state index contributed by atoms with van der Waals surface area (Å²) in [6, 6.07) is 14.0. The van der Waals surface area contributed by atoms with Gasteiger partial charge in [-0.1, -0.05) is 18.2 Å². The van der Waals surface area contributed by atoms with Crippen molar-refractivity contribution in [1.29, 1.82) is 0 Å². The highest BCUT2D eigenvalue weighted by Gasteiger charge is 2.33. The first-order valence-electron chi connectivity index (χ1n) is 10.7. The van der Waals surface area contributed by atoms with Crippen LogP contribution in [0, 0.1) is 17.6 Å². The molecule has 0 atom stereocenters. The molecule has 0 bridgehead atoms. The standard InChI is InChI=1S/C23H24F2N4O3S/c24-18-6-7-21(25)22(16-18)33(31,32)28-13-9-17(10-14-28)23(30)26-12-8-19-11-15-29(27-19)20-4-2-1-3-5-20/h1-7,11,15-17H,8-10,12-14H2,(H,26,30). The van der Waals surface area contributed by atoms with Crippen LogP contribution in [0.5, 0.6) is 0 Å². The molecule has 1 aromatic heterocycles. The Bertz CT molecular complexity index is 1220. The van der Waals surface area contributed by atoms with Crippen molar-refractivity contribution in [2.45, 2.75) is 24.2 Å². The van der Waals surface area contributed by atoms with E-state index in [0.717, 1.165) is 27.8 Å². The Balaban J connectivity index is 1.27. The third-order valence-electron chi connectivity index (χ3n) is 5.68. The molecule has 4 rings (SSSR count). The van der Waals surface area contributed by atoms with Crippen LogP contribution in [0.15, 0.2) is 65.7 Å². The third-order valence-corrected chi connectivity index (χ3v) is 7.59. The zero-order chi connectivity index (χ0) is 23.4. The Morgan fingerprint density at radius 2 is 1.79 bits per heavy atom. The molecule has 0 spiro atoms. The maximum Gasteiger partial charge on any atom is 0.246 e. The lowest BCUT2D eigenvalue weighted by Gasteiger charge is -2.30. The van der Waals surface area contributed by atoms with Gasteiger partial charge in [0.1, 0.15) is 16.5 Å². The van der Waals surface area contributed by atoms with Gasteiger partial charge in [-0.25, -0.2) is 21.9 Å². The lowest BCUT2D eigenvalue weighted by atomic mass is 9.97. The number of amides is 1. The van der Waals surface area contributed by atoms with Crippen LogP contribution in [0.3, 0.4) is 0 Å². The zero-order valence-corrected chi connectivity index (χ0v) is 18.6. The second-order valence-corrected chi connectivity index (χ2v) is 9.79. The van der Waals surface area contributed by atoms with Crippen molar-refractivity contribution in [1.82, 2.24) is 19.4 Å². The van der Waals surface area contributed by atoms with Gasteiger partial charge in [-0.3, -0.25) is 4.79 Å². The van der Waals surface area contributed by atoms with Crippen LogP contribution in [0.2, 0.25) is 0 Å². The number of hydrogen-bond acceptors (Lipinski definition) is 4. The fraction of sp³-hybridized carbons (Fsp3) is 0.304. The number of sulfonamides is 1. The molecule has 0 radical (unpaired) electrons. The van der Waals surface area contributed by atoms with Gasteiger partial charge in [-0.2, -0.15) is 9.40 Å². The van der Waals surface area contributed by atoms with E-state index in [1.54, 1.807) is 4.68 Å². The van der Waals surface area contributed by atoms with E-state index in [-0.39, 0.29) is 24.9 Å². The average molecular weight is 475 g/mol. The van der Waals surface area contributed by atoms with Gasteiger partial charge in [0.15, 0.2) is 0 Å². The van der Waals surface area contributed by atoms with E-state index in [0.29, 0.717) is 31.9 Å². The molecule has 0 aliphatic carbocycles. The first kappa shape index (κ1) is 23.1. The monoisotopic (exact) mass is 474 g/mol. The van der Waals surface area contributed by atoms with E-state index >= 15 is 0 Å². The summed E-state index contributed by atoms with van der Waals surface area (Å²) in [6.45, 7) is 0.549. The lowest BCUT2D eigenvalue weighted by Crippen LogP contribution is -2.43. The molecule has 1 N–H and O–H groups in total. The van der Waals surface area contributed by atoms with E-state index in [2.05, 4.69) is 10.4 Å². The molecule has 3 aromatic rings. The number of halogens is 2. The summed E-state index contributed by atoms with van der Waals surface area (Å²) in [5.41, 5.74) is 1.80. The third kappa shape index (κ3) is 5.28. The molecular weight excluding hydrogens is 450 g/mol. The van der Waals surface area contributed by atoms with E-state index in [9.17, 15) is 22.0 Å². The summed E-state index contributed by atoms with van der Waals surface area (Å²) in [4.78, 5) is 11.8. The minimum atomic E-state index is -4.16. The molecule has 7 nitrogen and oxygen atoms in total. The second-order valence-electron chi connectivity index (χ2n) is 7.88. The predicted octanol–water partition coefficient (Wildman–Crippen LogP) is 2.91. The average Bonchev–Trinajstić information content (AvgIpc) is 3.30. The van der Waals surface area contributed by atoms with Crippen molar-refractivity contribution in [3.63, 3.8) is 0 Å². The smallest absolute Gasteiger partial charge is 0.246 e. The number of nitrogens with zero attached hydrogens (tertiary/aromatic N) is 3. The molecule has 1 aliphatic heterocycles. The van der Waals surface area contributed by atoms with Gasteiger partial charge < -0.3 is 5.32 Å². The number of carbonyl (C=O) groups is 1. The zero-order valence-electron chi connectivity index (χ0n) is 17.8. The Morgan fingerprint density at radius 1 is 1.06 bits per heavy atom. The number of hydrogen-bond donors (Lipinski definition) is 1. The number of carbonyl (C=O) groups excluding carboxylic acids is 1. The Labute approximate surface area is 191 Å². The molecule has 1 saturated heterocycles. The Morgan fingerprint density at radius 3 is 2.52 bits per heavy atom. The van der Waals surface area contributed by atoms with E-state index in [1.165, 1.54) is 0 Å². The van der Waals surface area contributed by atoms with Crippen molar-refractivity contribution in [2.24, 2.45) is 5.92 Å². The number of nitrogens with one attached hydrogen (secondary N) is 1. The van der Waals surface area contributed by atoms with Crippen molar-refractivity contribution < 1.29 is 22.0 Å². The molecule has 33 heavy (non-hydrogen) atoms. The maximum absolute atomic E-state index is 14.0. The highest BCUT2D eigenvalue weighted by molar-refractivity contribution is 7.89. The maximum atomic E-state index is 14.0. The van der Waals surface area contributed by atoms with Gasteiger partial charge in [-0.15, -0.1) is 0 Å². The summed E-state index contributed by atoms with van der Waals surface area (Å²) in [5, 5.41) is 7.39. The van der Waals surface area contributed by atoms with Gasteiger partial charge >= 0.3 is 0 Å². The number of benzene rings is 2. The quantitative estimate of drug-likeness (QED) is 0.571. The minimum absolute atomic E-state index is 0.0673. The normalized spacial score (nSPS) is 15.5. The van der Waals surface area contributed by atoms with E-state index in [1.807, 2.05) is 42.6 Å². The van der Waals surface area contributed by atoms with Crippen LogP contribution in [-0.4, -0.2) is 48.0 Å². The first-order valence-corrected chi connectivity index (χ1v) is 12.1. The summed E-state index contributed by atoms with van der Waals surface area (Å²) in [5.74, 6) is -2.30. The van der Waals surface area contributed by atoms with E-state index < -0.39 is 26.6 Å². The first-order chi connectivity index (χ1) is 15.8. The number of para-hydroxylation sites is 1. The van der Waals surface area contributed by atoms with Gasteiger partial charge in [-0.05, 0) is 49.2 Å². The van der Waals surface area contributed by atoms with Crippen molar-refractivity contribution >= 4 is 15.9 Å². The van der Waals surface area contributed by atoms with E-state index in [4.69, 9.17) is 0 Å². The largest absolute Gasteiger partial charge is 0.355 e. The number of aromatic nitrogens is 2. The van der Waals surface area contributed by atoms with Crippen molar-refractivity contribution in [3.8, 4) is 5.69 Å². The molecule has 2 heterocycles. The molecule has 1 amide bonds. The second kappa shape index (κ2) is 9.80. The van der Waals surface area contributed by atoms with Crippen LogP contribution in [0.25, 0.3) is 5.69 Å². The van der Waals surface area contributed by atoms with Gasteiger partial charge in [0, 0.05) is 38.2 Å². The van der Waals surface area contributed by atoms with Crippen LogP contribution in [0.4, 0.5) is 8.78 Å². The van der Waals surface area contributed by atoms with Crippen molar-refractivity contribution in [2.75, 3.05) is 19.6 Å². The van der Waals surface area contributed by atoms with Crippen LogP contribution >= 0.6 is 0 Å². The van der Waals surface area contributed by atoms with Crippen LogP contribution in [-0.2, 0) is 21.2 Å². The summed E-state index contributed by atoms with van der Waals surface area (Å²) >= 11 is 0. The van der Waals surface area contributed by atoms with Crippen LogP contribution in [0.1, 0.15) is 18.5 Å². The Kier molecular flexibility index (Phi) is 6.85. The fourth-order valence-corrected chi connectivity index (χ4v) is 5.40. The predicted molar refractivity (Wildman–Crippen MR) is 118 cm³/mol. The van der Waals surface area contributed by atoms with Gasteiger partial charge in [0.05, 0.1) is 11.4 Å². The molecular formula is C23H24F2N4O3S. The number of piperidine rings is 1. The highest BCUT2D eigenvalue weighted by Crippen LogP contribution is 2.26. The van der Waals surface area contributed by atoms with Gasteiger partial charge in [0.25, 0.3) is 0 Å². The van der Waals surface area contributed by atoms with Crippen molar-refractivity contribution in [3.05, 3.63) is 78.1 Å². The van der Waals surface area contributed by atoms with Gasteiger partial charge in [0.2, 0.25) is 15.9 Å². The highest BCUT2D eigenvalue weighted by atomic mass is 32.2. The SMILES string of the molecule is O=C(NCCc1ccn(-c2ccccc2)n1)C1CCN(S(=O)(=O)c2cc(F)ccc2F)CC1. The molecule has 2 aromatic carbocycles. The molecule has 1 aliphatic rings.